The van der Waals surface area contributed by atoms with Crippen molar-refractivity contribution in [1.82, 2.24) is 0 Å². The largest absolute Gasteiger partial charge is 0.477 e. The summed E-state index contributed by atoms with van der Waals surface area (Å²) in [6.45, 7) is 3.89. The van der Waals surface area contributed by atoms with Crippen molar-refractivity contribution in [2.45, 2.75) is 26.7 Å². The number of anilines is 1. The van der Waals surface area contributed by atoms with E-state index in [1.54, 1.807) is 11.4 Å². The molecule has 1 aromatic heterocycles. The van der Waals surface area contributed by atoms with Crippen molar-refractivity contribution >= 4 is 28.9 Å². The third-order valence-corrected chi connectivity index (χ3v) is 3.38. The van der Waals surface area contributed by atoms with Crippen LogP contribution in [0.3, 0.4) is 0 Å². The molecule has 2 N–H and O–H groups in total. The first kappa shape index (κ1) is 12.7. The number of amides is 1. The molecule has 1 heterocycles. The monoisotopic (exact) mass is 241 g/mol. The normalized spacial score (nSPS) is 10.4. The smallest absolute Gasteiger partial charge is 0.348 e. The van der Waals surface area contributed by atoms with Crippen LogP contribution >= 0.6 is 11.3 Å². The van der Waals surface area contributed by atoms with Gasteiger partial charge >= 0.3 is 5.97 Å². The van der Waals surface area contributed by atoms with Crippen LogP contribution in [-0.2, 0) is 4.79 Å². The molecule has 0 saturated heterocycles. The number of carboxylic acid groups (broad SMARTS) is 1. The van der Waals surface area contributed by atoms with E-state index in [-0.39, 0.29) is 16.7 Å². The first-order chi connectivity index (χ1) is 7.60. The molecule has 5 heteroatoms. The molecule has 0 unspecified atom stereocenters. The maximum Gasteiger partial charge on any atom is 0.348 e. The van der Waals surface area contributed by atoms with E-state index in [9.17, 15) is 9.59 Å². The van der Waals surface area contributed by atoms with Gasteiger partial charge < -0.3 is 10.4 Å². The lowest BCUT2D eigenvalue weighted by Gasteiger charge is -2.12. The molecule has 4 nitrogen and oxygen atoms in total. The summed E-state index contributed by atoms with van der Waals surface area (Å²) in [5, 5.41) is 13.2. The number of carbonyl (C=O) groups is 2. The van der Waals surface area contributed by atoms with Gasteiger partial charge in [0.25, 0.3) is 0 Å². The van der Waals surface area contributed by atoms with Crippen molar-refractivity contribution in [3.8, 4) is 0 Å². The van der Waals surface area contributed by atoms with E-state index in [1.807, 2.05) is 13.8 Å². The van der Waals surface area contributed by atoms with Crippen molar-refractivity contribution in [2.24, 2.45) is 5.92 Å². The van der Waals surface area contributed by atoms with E-state index in [0.717, 1.165) is 24.2 Å². The number of hydrogen-bond acceptors (Lipinski definition) is 3. The molecule has 0 fully saturated rings. The van der Waals surface area contributed by atoms with Crippen LogP contribution in [0.25, 0.3) is 0 Å². The summed E-state index contributed by atoms with van der Waals surface area (Å²) in [6, 6.07) is 1.62. The van der Waals surface area contributed by atoms with Crippen LogP contribution in [0.15, 0.2) is 11.4 Å². The number of nitrogens with one attached hydrogen (secondary N) is 1. The summed E-state index contributed by atoms with van der Waals surface area (Å²) in [5.41, 5.74) is 0.398. The van der Waals surface area contributed by atoms with Gasteiger partial charge in [-0.2, -0.15) is 0 Å². The van der Waals surface area contributed by atoms with Crippen LogP contribution in [-0.4, -0.2) is 17.0 Å². The van der Waals surface area contributed by atoms with Gasteiger partial charge in [-0.1, -0.05) is 13.8 Å². The van der Waals surface area contributed by atoms with Gasteiger partial charge in [-0.3, -0.25) is 4.79 Å². The highest BCUT2D eigenvalue weighted by Gasteiger charge is 2.18. The highest BCUT2D eigenvalue weighted by Crippen LogP contribution is 2.23. The molecule has 0 radical (unpaired) electrons. The Morgan fingerprint density at radius 2 is 2.06 bits per heavy atom. The van der Waals surface area contributed by atoms with Crippen molar-refractivity contribution in [3.63, 3.8) is 0 Å². The number of aromatic carboxylic acids is 1. The van der Waals surface area contributed by atoms with Crippen LogP contribution < -0.4 is 5.32 Å². The standard InChI is InChI=1S/C11H15NO3S/c1-3-7(4-2)10(13)12-8-5-6-16-9(8)11(14)15/h5-7H,3-4H2,1-2H3,(H,12,13)(H,14,15). The summed E-state index contributed by atoms with van der Waals surface area (Å²) >= 11 is 1.11. The van der Waals surface area contributed by atoms with E-state index in [1.165, 1.54) is 0 Å². The lowest BCUT2D eigenvalue weighted by atomic mass is 10.0. The van der Waals surface area contributed by atoms with Crippen molar-refractivity contribution in [3.05, 3.63) is 16.3 Å². The van der Waals surface area contributed by atoms with Gasteiger partial charge in [0.15, 0.2) is 0 Å². The molecule has 0 spiro atoms. The van der Waals surface area contributed by atoms with E-state index < -0.39 is 5.97 Å². The minimum atomic E-state index is -1.00. The molecule has 0 aliphatic carbocycles. The Balaban J connectivity index is 2.76. The molecule has 16 heavy (non-hydrogen) atoms. The molecule has 0 aliphatic heterocycles. The zero-order chi connectivity index (χ0) is 12.1. The summed E-state index contributed by atoms with van der Waals surface area (Å²) in [6.07, 6.45) is 1.52. The number of hydrogen-bond donors (Lipinski definition) is 2. The zero-order valence-electron chi connectivity index (χ0n) is 9.32. The highest BCUT2D eigenvalue weighted by atomic mass is 32.1. The fraction of sp³-hybridized carbons (Fsp3) is 0.455. The van der Waals surface area contributed by atoms with Gasteiger partial charge in [0.2, 0.25) is 5.91 Å². The minimum absolute atomic E-state index is 0.0541. The molecule has 1 amide bonds. The van der Waals surface area contributed by atoms with Crippen molar-refractivity contribution in [1.29, 1.82) is 0 Å². The third-order valence-electron chi connectivity index (χ3n) is 2.47. The number of carboxylic acids is 1. The molecule has 0 aliphatic rings. The Kier molecular flexibility index (Phi) is 4.49. The molecule has 1 aromatic rings. The summed E-state index contributed by atoms with van der Waals surface area (Å²) in [5.74, 6) is -1.16. The van der Waals surface area contributed by atoms with Crippen LogP contribution in [0, 0.1) is 5.92 Å². The SMILES string of the molecule is CCC(CC)C(=O)Nc1ccsc1C(=O)O. The maximum atomic E-state index is 11.7. The van der Waals surface area contributed by atoms with Gasteiger partial charge in [0, 0.05) is 5.92 Å². The molecule has 0 bridgehead atoms. The molecule has 0 saturated carbocycles. The fourth-order valence-electron chi connectivity index (χ4n) is 1.47. The molecule has 0 aromatic carbocycles. The van der Waals surface area contributed by atoms with Gasteiger partial charge in [0.05, 0.1) is 5.69 Å². The predicted molar refractivity (Wildman–Crippen MR) is 64.0 cm³/mol. The Hall–Kier alpha value is -1.36. The predicted octanol–water partition coefficient (Wildman–Crippen LogP) is 2.82. The maximum absolute atomic E-state index is 11.7. The highest BCUT2D eigenvalue weighted by molar-refractivity contribution is 7.12. The molecular formula is C11H15NO3S. The number of thiophene rings is 1. The fourth-order valence-corrected chi connectivity index (χ4v) is 2.15. The van der Waals surface area contributed by atoms with Gasteiger partial charge in [-0.05, 0) is 24.3 Å². The molecule has 0 atom stereocenters. The van der Waals surface area contributed by atoms with Crippen molar-refractivity contribution < 1.29 is 14.7 Å². The van der Waals surface area contributed by atoms with Gasteiger partial charge in [-0.25, -0.2) is 4.79 Å². The summed E-state index contributed by atoms with van der Waals surface area (Å²) in [4.78, 5) is 22.8. The first-order valence-corrected chi connectivity index (χ1v) is 6.09. The van der Waals surface area contributed by atoms with E-state index in [2.05, 4.69) is 5.32 Å². The quantitative estimate of drug-likeness (QED) is 0.833. The second-order valence-electron chi connectivity index (χ2n) is 3.47. The molecule has 88 valence electrons. The van der Waals surface area contributed by atoms with E-state index in [0.29, 0.717) is 5.69 Å². The van der Waals surface area contributed by atoms with E-state index >= 15 is 0 Å². The number of rotatable bonds is 5. The Morgan fingerprint density at radius 3 is 2.56 bits per heavy atom. The summed E-state index contributed by atoms with van der Waals surface area (Å²) < 4.78 is 0. The van der Waals surface area contributed by atoms with Crippen LogP contribution in [0.4, 0.5) is 5.69 Å². The van der Waals surface area contributed by atoms with Crippen LogP contribution in [0.1, 0.15) is 36.4 Å². The van der Waals surface area contributed by atoms with Crippen LogP contribution in [0.5, 0.6) is 0 Å². The molecular weight excluding hydrogens is 226 g/mol. The Labute approximate surface area is 98.3 Å². The van der Waals surface area contributed by atoms with Gasteiger partial charge in [0.1, 0.15) is 4.88 Å². The minimum Gasteiger partial charge on any atom is -0.477 e. The second kappa shape index (κ2) is 5.65. The Bertz CT molecular complexity index is 382. The third kappa shape index (κ3) is 2.82. The topological polar surface area (TPSA) is 66.4 Å². The lowest BCUT2D eigenvalue weighted by Crippen LogP contribution is -2.22. The average molecular weight is 241 g/mol. The van der Waals surface area contributed by atoms with Crippen molar-refractivity contribution in [2.75, 3.05) is 5.32 Å². The zero-order valence-corrected chi connectivity index (χ0v) is 10.1. The van der Waals surface area contributed by atoms with Crippen LogP contribution in [0.2, 0.25) is 0 Å². The number of carbonyl (C=O) groups excluding carboxylic acids is 1. The average Bonchev–Trinajstić information content (AvgIpc) is 2.67. The molecule has 1 rings (SSSR count). The van der Waals surface area contributed by atoms with Gasteiger partial charge in [-0.15, -0.1) is 11.3 Å². The Morgan fingerprint density at radius 1 is 1.44 bits per heavy atom. The first-order valence-electron chi connectivity index (χ1n) is 5.21. The van der Waals surface area contributed by atoms with E-state index in [4.69, 9.17) is 5.11 Å². The summed E-state index contributed by atoms with van der Waals surface area (Å²) in [7, 11) is 0. The lowest BCUT2D eigenvalue weighted by molar-refractivity contribution is -0.120. The second-order valence-corrected chi connectivity index (χ2v) is 4.39.